The van der Waals surface area contributed by atoms with Crippen LogP contribution in [0.3, 0.4) is 0 Å². The first-order valence-corrected chi connectivity index (χ1v) is 5.82. The van der Waals surface area contributed by atoms with Crippen molar-refractivity contribution >= 4 is 22.3 Å². The molecule has 1 aliphatic rings. The zero-order valence-corrected chi connectivity index (χ0v) is 9.43. The molecule has 0 radical (unpaired) electrons. The van der Waals surface area contributed by atoms with Crippen molar-refractivity contribution < 1.29 is 5.11 Å². The fourth-order valence-electron chi connectivity index (χ4n) is 2.24. The second-order valence-electron chi connectivity index (χ2n) is 4.57. The lowest BCUT2D eigenvalue weighted by molar-refractivity contribution is 0.0837. The van der Waals surface area contributed by atoms with Crippen LogP contribution in [0.2, 0.25) is 0 Å². The van der Waals surface area contributed by atoms with Gasteiger partial charge in [0.05, 0.1) is 17.3 Å². The zero-order valence-electron chi connectivity index (χ0n) is 9.43. The van der Waals surface area contributed by atoms with Gasteiger partial charge in [0.2, 0.25) is 0 Å². The standard InChI is InChI=1S/C13H15N3O/c14-11-3-4-12(16-8-6-9(17)7-8)13-10(11)2-1-5-15-13/h1-5,8-9,16-17H,6-7,14H2. The van der Waals surface area contributed by atoms with Crippen molar-refractivity contribution in [3.63, 3.8) is 0 Å². The topological polar surface area (TPSA) is 71.2 Å². The van der Waals surface area contributed by atoms with E-state index in [1.807, 2.05) is 24.3 Å². The van der Waals surface area contributed by atoms with Crippen molar-refractivity contribution in [2.24, 2.45) is 0 Å². The van der Waals surface area contributed by atoms with E-state index in [1.165, 1.54) is 0 Å². The maximum atomic E-state index is 9.28. The summed E-state index contributed by atoms with van der Waals surface area (Å²) in [5.41, 5.74) is 8.55. The van der Waals surface area contributed by atoms with Crippen LogP contribution < -0.4 is 11.1 Å². The van der Waals surface area contributed by atoms with Crippen molar-refractivity contribution in [2.45, 2.75) is 25.0 Å². The number of nitrogen functional groups attached to an aromatic ring is 1. The van der Waals surface area contributed by atoms with E-state index >= 15 is 0 Å². The van der Waals surface area contributed by atoms with E-state index in [9.17, 15) is 5.11 Å². The van der Waals surface area contributed by atoms with Gasteiger partial charge in [0, 0.05) is 23.3 Å². The molecule has 4 N–H and O–H groups in total. The number of nitrogens with zero attached hydrogens (tertiary/aromatic N) is 1. The van der Waals surface area contributed by atoms with E-state index in [0.717, 1.165) is 35.1 Å². The number of nitrogens with one attached hydrogen (secondary N) is 1. The van der Waals surface area contributed by atoms with E-state index in [4.69, 9.17) is 5.73 Å². The van der Waals surface area contributed by atoms with Gasteiger partial charge in [0.15, 0.2) is 0 Å². The summed E-state index contributed by atoms with van der Waals surface area (Å²) < 4.78 is 0. The van der Waals surface area contributed by atoms with Gasteiger partial charge < -0.3 is 16.2 Å². The van der Waals surface area contributed by atoms with Gasteiger partial charge in [-0.1, -0.05) is 0 Å². The molecule has 1 heterocycles. The van der Waals surface area contributed by atoms with Gasteiger partial charge >= 0.3 is 0 Å². The molecule has 0 bridgehead atoms. The number of aliphatic hydroxyl groups is 1. The van der Waals surface area contributed by atoms with Gasteiger partial charge in [-0.2, -0.15) is 0 Å². The molecule has 0 atom stereocenters. The molecule has 0 amide bonds. The second-order valence-corrected chi connectivity index (χ2v) is 4.57. The highest BCUT2D eigenvalue weighted by Gasteiger charge is 2.27. The molecule has 0 unspecified atom stereocenters. The Morgan fingerprint density at radius 2 is 2.12 bits per heavy atom. The highest BCUT2D eigenvalue weighted by molar-refractivity contribution is 5.98. The number of aliphatic hydroxyl groups excluding tert-OH is 1. The fourth-order valence-corrected chi connectivity index (χ4v) is 2.24. The summed E-state index contributed by atoms with van der Waals surface area (Å²) >= 11 is 0. The smallest absolute Gasteiger partial charge is 0.0953 e. The third-order valence-corrected chi connectivity index (χ3v) is 3.28. The lowest BCUT2D eigenvalue weighted by Crippen LogP contribution is -2.39. The van der Waals surface area contributed by atoms with Crippen LogP contribution in [-0.2, 0) is 0 Å². The van der Waals surface area contributed by atoms with E-state index in [0.29, 0.717) is 6.04 Å². The fraction of sp³-hybridized carbons (Fsp3) is 0.308. The number of fused-ring (bicyclic) bond motifs is 1. The van der Waals surface area contributed by atoms with Crippen LogP contribution in [-0.4, -0.2) is 22.2 Å². The molecule has 1 aromatic carbocycles. The van der Waals surface area contributed by atoms with Crippen molar-refractivity contribution in [1.29, 1.82) is 0 Å². The molecule has 1 aromatic heterocycles. The molecule has 0 aliphatic heterocycles. The summed E-state index contributed by atoms with van der Waals surface area (Å²) in [7, 11) is 0. The first-order chi connectivity index (χ1) is 8.24. The lowest BCUT2D eigenvalue weighted by atomic mass is 9.89. The molecule has 4 nitrogen and oxygen atoms in total. The van der Waals surface area contributed by atoms with Crippen molar-refractivity contribution in [2.75, 3.05) is 11.1 Å². The Morgan fingerprint density at radius 1 is 1.29 bits per heavy atom. The summed E-state index contributed by atoms with van der Waals surface area (Å²) in [5.74, 6) is 0. The molecular weight excluding hydrogens is 214 g/mol. The number of hydrogen-bond acceptors (Lipinski definition) is 4. The number of benzene rings is 1. The Hall–Kier alpha value is -1.81. The molecule has 1 fully saturated rings. The highest BCUT2D eigenvalue weighted by Crippen LogP contribution is 2.30. The lowest BCUT2D eigenvalue weighted by Gasteiger charge is -2.33. The molecule has 88 valence electrons. The number of aromatic nitrogens is 1. The van der Waals surface area contributed by atoms with Crippen LogP contribution >= 0.6 is 0 Å². The predicted molar refractivity (Wildman–Crippen MR) is 68.8 cm³/mol. The average Bonchev–Trinajstić information content (AvgIpc) is 2.31. The summed E-state index contributed by atoms with van der Waals surface area (Å²) in [6.07, 6.45) is 3.22. The van der Waals surface area contributed by atoms with E-state index in [1.54, 1.807) is 6.20 Å². The summed E-state index contributed by atoms with van der Waals surface area (Å²) in [5, 5.41) is 13.6. The van der Waals surface area contributed by atoms with Gasteiger partial charge in [-0.05, 0) is 37.1 Å². The molecular formula is C13H15N3O. The normalized spacial score (nSPS) is 23.4. The third kappa shape index (κ3) is 1.80. The largest absolute Gasteiger partial charge is 0.398 e. The van der Waals surface area contributed by atoms with Gasteiger partial charge in [-0.15, -0.1) is 0 Å². The first kappa shape index (κ1) is 10.4. The Balaban J connectivity index is 1.96. The monoisotopic (exact) mass is 229 g/mol. The number of anilines is 2. The number of rotatable bonds is 2. The van der Waals surface area contributed by atoms with Gasteiger partial charge in [-0.3, -0.25) is 4.98 Å². The maximum Gasteiger partial charge on any atom is 0.0953 e. The second kappa shape index (κ2) is 3.89. The molecule has 2 aromatic rings. The van der Waals surface area contributed by atoms with Crippen LogP contribution in [0, 0.1) is 0 Å². The van der Waals surface area contributed by atoms with Gasteiger partial charge in [-0.25, -0.2) is 0 Å². The van der Waals surface area contributed by atoms with Crippen LogP contribution in [0.4, 0.5) is 11.4 Å². The highest BCUT2D eigenvalue weighted by atomic mass is 16.3. The molecule has 1 aliphatic carbocycles. The Kier molecular flexibility index (Phi) is 2.37. The maximum absolute atomic E-state index is 9.28. The molecule has 4 heteroatoms. The molecule has 0 saturated heterocycles. The van der Waals surface area contributed by atoms with Gasteiger partial charge in [0.1, 0.15) is 0 Å². The van der Waals surface area contributed by atoms with Crippen molar-refractivity contribution in [1.82, 2.24) is 4.98 Å². The Morgan fingerprint density at radius 3 is 2.88 bits per heavy atom. The number of nitrogens with two attached hydrogens (primary N) is 1. The summed E-state index contributed by atoms with van der Waals surface area (Å²) in [6, 6.07) is 8.05. The average molecular weight is 229 g/mol. The molecule has 1 saturated carbocycles. The zero-order chi connectivity index (χ0) is 11.8. The SMILES string of the molecule is Nc1ccc(NC2CC(O)C2)c2ncccc12. The van der Waals surface area contributed by atoms with Crippen molar-refractivity contribution in [3.05, 3.63) is 30.5 Å². The quantitative estimate of drug-likeness (QED) is 0.686. The minimum Gasteiger partial charge on any atom is -0.398 e. The predicted octanol–water partition coefficient (Wildman–Crippen LogP) is 1.75. The van der Waals surface area contributed by atoms with E-state index in [2.05, 4.69) is 10.3 Å². The Labute approximate surface area is 99.5 Å². The Bertz CT molecular complexity index is 549. The van der Waals surface area contributed by atoms with E-state index < -0.39 is 0 Å². The van der Waals surface area contributed by atoms with E-state index in [-0.39, 0.29) is 6.10 Å². The van der Waals surface area contributed by atoms with Crippen LogP contribution in [0.25, 0.3) is 10.9 Å². The summed E-state index contributed by atoms with van der Waals surface area (Å²) in [6.45, 7) is 0. The van der Waals surface area contributed by atoms with Crippen LogP contribution in [0.5, 0.6) is 0 Å². The number of pyridine rings is 1. The molecule has 0 spiro atoms. The van der Waals surface area contributed by atoms with Crippen molar-refractivity contribution in [3.8, 4) is 0 Å². The third-order valence-electron chi connectivity index (χ3n) is 3.28. The van der Waals surface area contributed by atoms with Crippen LogP contribution in [0.15, 0.2) is 30.5 Å². The minimum absolute atomic E-state index is 0.152. The first-order valence-electron chi connectivity index (χ1n) is 5.82. The molecule has 3 rings (SSSR count). The number of hydrogen-bond donors (Lipinski definition) is 3. The minimum atomic E-state index is -0.152. The van der Waals surface area contributed by atoms with Gasteiger partial charge in [0.25, 0.3) is 0 Å². The summed E-state index contributed by atoms with van der Waals surface area (Å²) in [4.78, 5) is 4.37. The van der Waals surface area contributed by atoms with Crippen LogP contribution in [0.1, 0.15) is 12.8 Å². The molecule has 17 heavy (non-hydrogen) atoms.